The molecule has 2 aromatic rings. The van der Waals surface area contributed by atoms with Crippen LogP contribution in [0.1, 0.15) is 16.1 Å². The van der Waals surface area contributed by atoms with Crippen LogP contribution < -0.4 is 5.32 Å². The van der Waals surface area contributed by atoms with Crippen molar-refractivity contribution in [3.63, 3.8) is 0 Å². The van der Waals surface area contributed by atoms with Crippen LogP contribution in [-0.4, -0.2) is 25.7 Å². The van der Waals surface area contributed by atoms with Crippen molar-refractivity contribution >= 4 is 17.5 Å². The Morgan fingerprint density at radius 2 is 2.29 bits per heavy atom. The van der Waals surface area contributed by atoms with Crippen LogP contribution in [0, 0.1) is 0 Å². The molecule has 88 valence electrons. The highest BCUT2D eigenvalue weighted by atomic mass is 35.5. The summed E-state index contributed by atoms with van der Waals surface area (Å²) >= 11 is 5.64. The molecule has 0 saturated heterocycles. The summed E-state index contributed by atoms with van der Waals surface area (Å²) in [5.74, 6) is -0.316. The molecule has 0 aliphatic rings. The van der Waals surface area contributed by atoms with E-state index in [9.17, 15) is 4.79 Å². The van der Waals surface area contributed by atoms with Gasteiger partial charge < -0.3 is 5.32 Å². The van der Waals surface area contributed by atoms with E-state index in [1.165, 1.54) is 12.4 Å². The maximum absolute atomic E-state index is 11.7. The summed E-state index contributed by atoms with van der Waals surface area (Å²) in [6.07, 6.45) is 6.25. The Morgan fingerprint density at radius 3 is 2.94 bits per heavy atom. The molecule has 0 atom stereocenters. The van der Waals surface area contributed by atoms with Crippen LogP contribution in [-0.2, 0) is 13.6 Å². The van der Waals surface area contributed by atoms with Gasteiger partial charge in [0, 0.05) is 25.4 Å². The molecule has 17 heavy (non-hydrogen) atoms. The smallest absolute Gasteiger partial charge is 0.271 e. The van der Waals surface area contributed by atoms with E-state index in [4.69, 9.17) is 11.6 Å². The first kappa shape index (κ1) is 11.5. The van der Waals surface area contributed by atoms with Crippen LogP contribution in [0.3, 0.4) is 0 Å². The van der Waals surface area contributed by atoms with Crippen molar-refractivity contribution in [2.75, 3.05) is 0 Å². The lowest BCUT2D eigenvalue weighted by atomic mass is 10.3. The van der Waals surface area contributed by atoms with Crippen molar-refractivity contribution in [2.24, 2.45) is 7.05 Å². The van der Waals surface area contributed by atoms with E-state index < -0.39 is 0 Å². The van der Waals surface area contributed by atoms with E-state index in [1.807, 2.05) is 13.2 Å². The van der Waals surface area contributed by atoms with E-state index in [2.05, 4.69) is 20.4 Å². The zero-order valence-corrected chi connectivity index (χ0v) is 9.85. The van der Waals surface area contributed by atoms with Gasteiger partial charge in [-0.2, -0.15) is 5.10 Å². The summed E-state index contributed by atoms with van der Waals surface area (Å²) in [5.41, 5.74) is 1.11. The van der Waals surface area contributed by atoms with Gasteiger partial charge >= 0.3 is 0 Å². The van der Waals surface area contributed by atoms with Gasteiger partial charge in [-0.25, -0.2) is 4.98 Å². The number of carbonyl (C=O) groups excluding carboxylic acids is 1. The molecule has 0 saturated carbocycles. The maximum Gasteiger partial charge on any atom is 0.271 e. The van der Waals surface area contributed by atoms with E-state index in [-0.39, 0.29) is 16.8 Å². The number of halogens is 1. The first-order valence-corrected chi connectivity index (χ1v) is 5.26. The van der Waals surface area contributed by atoms with Gasteiger partial charge in [0.05, 0.1) is 18.6 Å². The number of rotatable bonds is 3. The average molecular weight is 252 g/mol. The molecule has 1 amide bonds. The Bertz CT molecular complexity index is 539. The van der Waals surface area contributed by atoms with Gasteiger partial charge in [0.15, 0.2) is 0 Å². The number of aryl methyl sites for hydroxylation is 1. The molecule has 0 bridgehead atoms. The zero-order valence-electron chi connectivity index (χ0n) is 9.09. The van der Waals surface area contributed by atoms with E-state index in [0.29, 0.717) is 6.54 Å². The first-order chi connectivity index (χ1) is 8.15. The largest absolute Gasteiger partial charge is 0.346 e. The standard InChI is InChI=1S/C10H10ClN5O/c1-16-6-7(3-14-16)2-13-10(17)8-4-12-5-9(11)15-8/h3-6H,2H2,1H3,(H,13,17). The second kappa shape index (κ2) is 4.92. The monoisotopic (exact) mass is 251 g/mol. The van der Waals surface area contributed by atoms with Crippen molar-refractivity contribution < 1.29 is 4.79 Å². The molecule has 0 fully saturated rings. The molecule has 0 aliphatic carbocycles. The van der Waals surface area contributed by atoms with Crippen molar-refractivity contribution in [1.82, 2.24) is 25.1 Å². The Kier molecular flexibility index (Phi) is 3.34. The Balaban J connectivity index is 1.98. The second-order valence-electron chi connectivity index (χ2n) is 3.43. The van der Waals surface area contributed by atoms with Crippen molar-refractivity contribution in [3.8, 4) is 0 Å². The van der Waals surface area contributed by atoms with Gasteiger partial charge in [0.2, 0.25) is 0 Å². The number of hydrogen-bond acceptors (Lipinski definition) is 4. The lowest BCUT2D eigenvalue weighted by Crippen LogP contribution is -2.23. The third kappa shape index (κ3) is 3.01. The third-order valence-corrected chi connectivity index (χ3v) is 2.23. The van der Waals surface area contributed by atoms with Gasteiger partial charge in [0.25, 0.3) is 5.91 Å². The fraction of sp³-hybridized carbons (Fsp3) is 0.200. The van der Waals surface area contributed by atoms with E-state index in [1.54, 1.807) is 10.9 Å². The Morgan fingerprint density at radius 1 is 1.47 bits per heavy atom. The highest BCUT2D eigenvalue weighted by Crippen LogP contribution is 2.03. The molecular formula is C10H10ClN5O. The van der Waals surface area contributed by atoms with Crippen LogP contribution >= 0.6 is 11.6 Å². The molecule has 0 aliphatic heterocycles. The molecule has 1 N–H and O–H groups in total. The Labute approximate surface area is 103 Å². The average Bonchev–Trinajstić information content (AvgIpc) is 2.72. The minimum atomic E-state index is -0.316. The van der Waals surface area contributed by atoms with Gasteiger partial charge in [-0.05, 0) is 0 Å². The summed E-state index contributed by atoms with van der Waals surface area (Å²) < 4.78 is 1.67. The fourth-order valence-electron chi connectivity index (χ4n) is 1.29. The first-order valence-electron chi connectivity index (χ1n) is 4.88. The third-order valence-electron chi connectivity index (χ3n) is 2.05. The zero-order chi connectivity index (χ0) is 12.3. The van der Waals surface area contributed by atoms with Gasteiger partial charge in [-0.3, -0.25) is 14.5 Å². The van der Waals surface area contributed by atoms with Crippen molar-refractivity contribution in [1.29, 1.82) is 0 Å². The number of hydrogen-bond donors (Lipinski definition) is 1. The quantitative estimate of drug-likeness (QED) is 0.876. The number of carbonyl (C=O) groups is 1. The number of nitrogens with zero attached hydrogens (tertiary/aromatic N) is 4. The number of nitrogens with one attached hydrogen (secondary N) is 1. The lowest BCUT2D eigenvalue weighted by molar-refractivity contribution is 0.0945. The molecule has 0 aromatic carbocycles. The van der Waals surface area contributed by atoms with Crippen LogP contribution in [0.4, 0.5) is 0 Å². The van der Waals surface area contributed by atoms with Crippen LogP contribution in [0.5, 0.6) is 0 Å². The van der Waals surface area contributed by atoms with Gasteiger partial charge in [-0.1, -0.05) is 11.6 Å². The van der Waals surface area contributed by atoms with Crippen LogP contribution in [0.2, 0.25) is 5.15 Å². The minimum Gasteiger partial charge on any atom is -0.346 e. The number of aromatic nitrogens is 4. The number of amides is 1. The lowest BCUT2D eigenvalue weighted by Gasteiger charge is -2.02. The summed E-state index contributed by atoms with van der Waals surface area (Å²) in [6.45, 7) is 0.390. The fourth-order valence-corrected chi connectivity index (χ4v) is 1.44. The second-order valence-corrected chi connectivity index (χ2v) is 3.82. The van der Waals surface area contributed by atoms with Crippen molar-refractivity contribution in [3.05, 3.63) is 41.2 Å². The topological polar surface area (TPSA) is 72.7 Å². The van der Waals surface area contributed by atoms with E-state index >= 15 is 0 Å². The van der Waals surface area contributed by atoms with Crippen LogP contribution in [0.15, 0.2) is 24.8 Å². The van der Waals surface area contributed by atoms with Gasteiger partial charge in [-0.15, -0.1) is 0 Å². The van der Waals surface area contributed by atoms with Gasteiger partial charge in [0.1, 0.15) is 10.8 Å². The SMILES string of the molecule is Cn1cc(CNC(=O)c2cncc(Cl)n2)cn1. The van der Waals surface area contributed by atoms with Crippen LogP contribution in [0.25, 0.3) is 0 Å². The molecule has 7 heteroatoms. The minimum absolute atomic E-state index is 0.194. The predicted molar refractivity (Wildman–Crippen MR) is 61.4 cm³/mol. The molecule has 2 aromatic heterocycles. The molecule has 0 radical (unpaired) electrons. The molecule has 0 unspecified atom stereocenters. The molecule has 0 spiro atoms. The maximum atomic E-state index is 11.7. The predicted octanol–water partition coefficient (Wildman–Crippen LogP) is 0.793. The highest BCUT2D eigenvalue weighted by Gasteiger charge is 2.08. The Hall–Kier alpha value is -1.95. The molecular weight excluding hydrogens is 242 g/mol. The molecule has 2 rings (SSSR count). The van der Waals surface area contributed by atoms with E-state index in [0.717, 1.165) is 5.56 Å². The molecule has 6 nitrogen and oxygen atoms in total. The summed E-state index contributed by atoms with van der Waals surface area (Å²) in [4.78, 5) is 19.3. The summed E-state index contributed by atoms with van der Waals surface area (Å²) in [6, 6.07) is 0. The summed E-state index contributed by atoms with van der Waals surface area (Å²) in [7, 11) is 1.81. The van der Waals surface area contributed by atoms with Crippen molar-refractivity contribution in [2.45, 2.75) is 6.54 Å². The normalized spacial score (nSPS) is 10.2. The summed E-state index contributed by atoms with van der Waals surface area (Å²) in [5, 5.41) is 6.89. The highest BCUT2D eigenvalue weighted by molar-refractivity contribution is 6.29. The molecule has 2 heterocycles.